The molecule has 1 aliphatic rings. The third-order valence-corrected chi connectivity index (χ3v) is 5.86. The number of esters is 1. The van der Waals surface area contributed by atoms with Gasteiger partial charge in [0.15, 0.2) is 0 Å². The molecule has 3 heterocycles. The Bertz CT molecular complexity index is 1120. The smallest absolute Gasteiger partial charge is 0.355 e. The van der Waals surface area contributed by atoms with Crippen molar-refractivity contribution in [3.8, 4) is 0 Å². The summed E-state index contributed by atoms with van der Waals surface area (Å²) in [6.07, 6.45) is 0. The average Bonchev–Trinajstić information content (AvgIpc) is 3.42. The van der Waals surface area contributed by atoms with Crippen LogP contribution in [0.3, 0.4) is 0 Å². The lowest BCUT2D eigenvalue weighted by Crippen LogP contribution is -2.32. The Kier molecular flexibility index (Phi) is 4.98. The largest absolute Gasteiger partial charge is 0.464 e. The topological polar surface area (TPSA) is 99.0 Å². The molecule has 1 atom stereocenters. The van der Waals surface area contributed by atoms with Crippen LogP contribution in [0.1, 0.15) is 47.6 Å². The SMILES string of the molecule is COC(=O)C1=C(C(=O)c2cccs2)[C@@H](c2ccc(C(C)(C)C)cc2)n2nnnc2N1. The zero-order valence-corrected chi connectivity index (χ0v) is 17.9. The molecule has 8 nitrogen and oxygen atoms in total. The maximum Gasteiger partial charge on any atom is 0.355 e. The van der Waals surface area contributed by atoms with Crippen LogP contribution in [-0.4, -0.2) is 39.1 Å². The van der Waals surface area contributed by atoms with E-state index >= 15 is 0 Å². The molecule has 1 aliphatic heterocycles. The van der Waals surface area contributed by atoms with Crippen molar-refractivity contribution in [1.82, 2.24) is 20.2 Å². The standard InChI is InChI=1S/C21H21N5O3S/c1-21(2,3)13-9-7-12(8-10-13)17-15(18(27)14-6-5-11-30-14)16(19(28)29-4)22-20-23-24-25-26(17)20/h5-11,17H,1-4H3,(H,22,23,25)/t17-/m1/s1. The lowest BCUT2D eigenvalue weighted by Gasteiger charge is -2.28. The van der Waals surface area contributed by atoms with Crippen LogP contribution in [-0.2, 0) is 14.9 Å². The number of allylic oxidation sites excluding steroid dienone is 1. The van der Waals surface area contributed by atoms with Gasteiger partial charge >= 0.3 is 5.97 Å². The van der Waals surface area contributed by atoms with Crippen LogP contribution in [0.15, 0.2) is 53.0 Å². The predicted molar refractivity (Wildman–Crippen MR) is 112 cm³/mol. The summed E-state index contributed by atoms with van der Waals surface area (Å²) in [4.78, 5) is 26.5. The van der Waals surface area contributed by atoms with Gasteiger partial charge < -0.3 is 10.1 Å². The summed E-state index contributed by atoms with van der Waals surface area (Å²) in [7, 11) is 1.27. The van der Waals surface area contributed by atoms with Gasteiger partial charge in [-0.15, -0.1) is 11.3 Å². The van der Waals surface area contributed by atoms with Crippen molar-refractivity contribution in [2.45, 2.75) is 32.2 Å². The second-order valence-corrected chi connectivity index (χ2v) is 8.88. The first-order chi connectivity index (χ1) is 14.3. The number of ether oxygens (including phenoxy) is 1. The molecular formula is C21H21N5O3S. The van der Waals surface area contributed by atoms with Crippen LogP contribution in [0.25, 0.3) is 0 Å². The number of ketones is 1. The molecule has 0 spiro atoms. The highest BCUT2D eigenvalue weighted by Crippen LogP contribution is 2.37. The average molecular weight is 423 g/mol. The first-order valence-corrected chi connectivity index (χ1v) is 10.2. The zero-order chi connectivity index (χ0) is 21.5. The number of nitrogens with one attached hydrogen (secondary N) is 1. The molecule has 0 saturated heterocycles. The number of carbonyl (C=O) groups is 2. The third-order valence-electron chi connectivity index (χ3n) is 4.99. The van der Waals surface area contributed by atoms with Crippen LogP contribution in [0.4, 0.5) is 5.95 Å². The van der Waals surface area contributed by atoms with Crippen molar-refractivity contribution < 1.29 is 14.3 Å². The molecule has 30 heavy (non-hydrogen) atoms. The number of aromatic nitrogens is 4. The number of hydrogen-bond acceptors (Lipinski definition) is 8. The molecule has 0 amide bonds. The molecule has 1 N–H and O–H groups in total. The maximum atomic E-state index is 13.5. The Morgan fingerprint density at radius 2 is 1.90 bits per heavy atom. The number of methoxy groups -OCH3 is 1. The number of tetrazole rings is 1. The van der Waals surface area contributed by atoms with E-state index < -0.39 is 12.0 Å². The number of Topliss-reactive ketones (excluding diaryl/α,β-unsaturated/α-hetero) is 1. The van der Waals surface area contributed by atoms with E-state index in [9.17, 15) is 9.59 Å². The third kappa shape index (κ3) is 3.41. The number of nitrogens with zero attached hydrogens (tertiary/aromatic N) is 4. The van der Waals surface area contributed by atoms with E-state index in [4.69, 9.17) is 4.74 Å². The van der Waals surface area contributed by atoms with E-state index in [2.05, 4.69) is 41.6 Å². The van der Waals surface area contributed by atoms with Crippen molar-refractivity contribution in [1.29, 1.82) is 0 Å². The fourth-order valence-electron chi connectivity index (χ4n) is 3.40. The Labute approximate surface area is 177 Å². The quantitative estimate of drug-likeness (QED) is 0.507. The van der Waals surface area contributed by atoms with Crippen LogP contribution >= 0.6 is 11.3 Å². The molecule has 3 aromatic rings. The van der Waals surface area contributed by atoms with Crippen LogP contribution < -0.4 is 5.32 Å². The van der Waals surface area contributed by atoms with E-state index in [-0.39, 0.29) is 28.4 Å². The molecule has 154 valence electrons. The highest BCUT2D eigenvalue weighted by atomic mass is 32.1. The second kappa shape index (κ2) is 7.49. The molecule has 0 bridgehead atoms. The van der Waals surface area contributed by atoms with Gasteiger partial charge in [-0.25, -0.2) is 4.79 Å². The van der Waals surface area contributed by atoms with Gasteiger partial charge in [0.2, 0.25) is 11.7 Å². The highest BCUT2D eigenvalue weighted by molar-refractivity contribution is 7.12. The molecule has 2 aromatic heterocycles. The summed E-state index contributed by atoms with van der Waals surface area (Å²) in [5.41, 5.74) is 2.21. The minimum atomic E-state index is -0.672. The number of carbonyl (C=O) groups excluding carboxylic acids is 2. The molecule has 0 fully saturated rings. The van der Waals surface area contributed by atoms with Crippen LogP contribution in [0.2, 0.25) is 0 Å². The predicted octanol–water partition coefficient (Wildman–Crippen LogP) is 3.36. The number of fused-ring (bicyclic) bond motifs is 1. The summed E-state index contributed by atoms with van der Waals surface area (Å²) < 4.78 is 6.45. The van der Waals surface area contributed by atoms with Crippen molar-refractivity contribution in [2.75, 3.05) is 12.4 Å². The zero-order valence-electron chi connectivity index (χ0n) is 17.0. The van der Waals surface area contributed by atoms with E-state index in [0.717, 1.165) is 11.1 Å². The monoisotopic (exact) mass is 423 g/mol. The van der Waals surface area contributed by atoms with Crippen LogP contribution in [0.5, 0.6) is 0 Å². The summed E-state index contributed by atoms with van der Waals surface area (Å²) >= 11 is 1.31. The fourth-order valence-corrected chi connectivity index (χ4v) is 4.08. The number of rotatable bonds is 4. The van der Waals surface area contributed by atoms with E-state index in [1.165, 1.54) is 23.1 Å². The molecule has 0 aliphatic carbocycles. The number of benzene rings is 1. The molecule has 9 heteroatoms. The lowest BCUT2D eigenvalue weighted by molar-refractivity contribution is -0.136. The lowest BCUT2D eigenvalue weighted by atomic mass is 9.85. The van der Waals surface area contributed by atoms with E-state index in [1.54, 1.807) is 12.1 Å². The molecule has 0 unspecified atom stereocenters. The van der Waals surface area contributed by atoms with Gasteiger partial charge in [-0.2, -0.15) is 4.68 Å². The molecule has 0 saturated carbocycles. The first kappa shape index (κ1) is 20.0. The van der Waals surface area contributed by atoms with Gasteiger partial charge in [0.05, 0.1) is 17.6 Å². The minimum absolute atomic E-state index is 0.0186. The van der Waals surface area contributed by atoms with E-state index in [1.807, 2.05) is 29.6 Å². The first-order valence-electron chi connectivity index (χ1n) is 9.37. The van der Waals surface area contributed by atoms with Gasteiger partial charge in [-0.1, -0.05) is 56.2 Å². The minimum Gasteiger partial charge on any atom is -0.464 e. The molecule has 4 rings (SSSR count). The highest BCUT2D eigenvalue weighted by Gasteiger charge is 2.38. The van der Waals surface area contributed by atoms with Gasteiger partial charge in [-0.3, -0.25) is 4.79 Å². The Hall–Kier alpha value is -3.33. The Morgan fingerprint density at radius 3 is 2.50 bits per heavy atom. The van der Waals surface area contributed by atoms with Gasteiger partial charge in [0.1, 0.15) is 11.7 Å². The van der Waals surface area contributed by atoms with Gasteiger partial charge in [0.25, 0.3) is 0 Å². The van der Waals surface area contributed by atoms with Crippen molar-refractivity contribution in [3.63, 3.8) is 0 Å². The van der Waals surface area contributed by atoms with Crippen molar-refractivity contribution in [2.24, 2.45) is 0 Å². The molecule has 0 radical (unpaired) electrons. The summed E-state index contributed by atoms with van der Waals surface area (Å²) in [6, 6.07) is 10.8. The molecular weight excluding hydrogens is 402 g/mol. The normalized spacial score (nSPS) is 16.1. The van der Waals surface area contributed by atoms with Gasteiger partial charge in [-0.05, 0) is 38.4 Å². The summed E-state index contributed by atoms with van der Waals surface area (Å²) in [5, 5.41) is 16.4. The van der Waals surface area contributed by atoms with Gasteiger partial charge in [0, 0.05) is 0 Å². The van der Waals surface area contributed by atoms with Crippen molar-refractivity contribution >= 4 is 29.0 Å². The number of thiophene rings is 1. The Balaban J connectivity index is 1.91. The van der Waals surface area contributed by atoms with E-state index in [0.29, 0.717) is 4.88 Å². The maximum absolute atomic E-state index is 13.5. The summed E-state index contributed by atoms with van der Waals surface area (Å²) in [5.74, 6) is -0.660. The van der Waals surface area contributed by atoms with Crippen molar-refractivity contribution in [3.05, 3.63) is 69.1 Å². The second-order valence-electron chi connectivity index (χ2n) is 7.93. The summed E-state index contributed by atoms with van der Waals surface area (Å²) in [6.45, 7) is 6.40. The molecule has 1 aromatic carbocycles. The van der Waals surface area contributed by atoms with Crippen LogP contribution in [0, 0.1) is 0 Å². The Morgan fingerprint density at radius 1 is 1.17 bits per heavy atom. The number of hydrogen-bond donors (Lipinski definition) is 1. The fraction of sp³-hybridized carbons (Fsp3) is 0.286. The number of anilines is 1.